The van der Waals surface area contributed by atoms with Crippen molar-refractivity contribution >= 4 is 5.91 Å². The van der Waals surface area contributed by atoms with Gasteiger partial charge in [0.2, 0.25) is 0 Å². The Labute approximate surface area is 113 Å². The SMILES string of the molecule is CC1CN(C(=O)c2cc(O)cc(O)c2)CC(C)N1C. The number of hydrogen-bond acceptors (Lipinski definition) is 4. The fraction of sp³-hybridized carbons (Fsp3) is 0.500. The number of carbonyl (C=O) groups excluding carboxylic acids is 1. The summed E-state index contributed by atoms with van der Waals surface area (Å²) in [5, 5.41) is 18.9. The molecule has 1 heterocycles. The van der Waals surface area contributed by atoms with Crippen LogP contribution in [0.3, 0.4) is 0 Å². The van der Waals surface area contributed by atoms with Crippen LogP contribution in [0.15, 0.2) is 18.2 Å². The maximum atomic E-state index is 12.4. The van der Waals surface area contributed by atoms with Crippen molar-refractivity contribution in [1.29, 1.82) is 0 Å². The summed E-state index contributed by atoms with van der Waals surface area (Å²) in [7, 11) is 2.05. The Morgan fingerprint density at radius 3 is 2.05 bits per heavy atom. The van der Waals surface area contributed by atoms with Crippen LogP contribution in [0.25, 0.3) is 0 Å². The molecule has 1 aromatic rings. The lowest BCUT2D eigenvalue weighted by Gasteiger charge is -2.42. The molecule has 0 radical (unpaired) electrons. The molecule has 0 bridgehead atoms. The first kappa shape index (κ1) is 13.7. The minimum absolute atomic E-state index is 0.0985. The number of aromatic hydroxyl groups is 2. The van der Waals surface area contributed by atoms with E-state index in [4.69, 9.17) is 0 Å². The molecule has 2 unspecified atom stereocenters. The minimum atomic E-state index is -0.155. The van der Waals surface area contributed by atoms with Crippen LogP contribution in [-0.2, 0) is 0 Å². The first-order valence-electron chi connectivity index (χ1n) is 6.42. The summed E-state index contributed by atoms with van der Waals surface area (Å²) >= 11 is 0. The lowest BCUT2D eigenvalue weighted by atomic mass is 10.1. The van der Waals surface area contributed by atoms with Gasteiger partial charge in [0, 0.05) is 36.8 Å². The number of amides is 1. The van der Waals surface area contributed by atoms with Gasteiger partial charge in [-0.3, -0.25) is 9.69 Å². The molecule has 2 N–H and O–H groups in total. The van der Waals surface area contributed by atoms with Gasteiger partial charge in [-0.25, -0.2) is 0 Å². The summed E-state index contributed by atoms with van der Waals surface area (Å²) in [5.74, 6) is -0.352. The van der Waals surface area contributed by atoms with Gasteiger partial charge < -0.3 is 15.1 Å². The monoisotopic (exact) mass is 264 g/mol. The topological polar surface area (TPSA) is 64.0 Å². The van der Waals surface area contributed by atoms with E-state index >= 15 is 0 Å². The second-order valence-corrected chi connectivity index (χ2v) is 5.31. The summed E-state index contributed by atoms with van der Waals surface area (Å²) in [6.07, 6.45) is 0. The van der Waals surface area contributed by atoms with Crippen molar-refractivity contribution in [2.45, 2.75) is 25.9 Å². The number of phenolic OH excluding ortho intramolecular Hbond substituents is 2. The quantitative estimate of drug-likeness (QED) is 0.801. The van der Waals surface area contributed by atoms with E-state index in [0.29, 0.717) is 30.7 Å². The number of phenols is 2. The molecular weight excluding hydrogens is 244 g/mol. The number of benzene rings is 1. The molecule has 0 saturated carbocycles. The summed E-state index contributed by atoms with van der Waals surface area (Å²) in [6, 6.07) is 4.56. The molecule has 0 aliphatic carbocycles. The van der Waals surface area contributed by atoms with E-state index in [2.05, 4.69) is 25.8 Å². The third-order valence-electron chi connectivity index (χ3n) is 3.80. The van der Waals surface area contributed by atoms with Crippen molar-refractivity contribution < 1.29 is 15.0 Å². The average molecular weight is 264 g/mol. The Kier molecular flexibility index (Phi) is 3.66. The highest BCUT2D eigenvalue weighted by Gasteiger charge is 2.30. The zero-order valence-corrected chi connectivity index (χ0v) is 11.5. The van der Waals surface area contributed by atoms with E-state index in [0.717, 1.165) is 0 Å². The van der Waals surface area contributed by atoms with E-state index < -0.39 is 0 Å². The molecule has 0 aromatic heterocycles. The molecule has 19 heavy (non-hydrogen) atoms. The predicted molar refractivity (Wildman–Crippen MR) is 72.4 cm³/mol. The maximum absolute atomic E-state index is 12.4. The second kappa shape index (κ2) is 5.09. The number of likely N-dealkylation sites (N-methyl/N-ethyl adjacent to an activating group) is 1. The van der Waals surface area contributed by atoms with Crippen molar-refractivity contribution in [2.24, 2.45) is 0 Å². The fourth-order valence-corrected chi connectivity index (χ4v) is 2.47. The molecule has 1 saturated heterocycles. The summed E-state index contributed by atoms with van der Waals surface area (Å²) in [6.45, 7) is 5.46. The molecule has 0 spiro atoms. The van der Waals surface area contributed by atoms with Gasteiger partial charge in [-0.05, 0) is 33.0 Å². The lowest BCUT2D eigenvalue weighted by Crippen LogP contribution is -2.56. The Balaban J connectivity index is 2.20. The molecule has 5 heteroatoms. The third-order valence-corrected chi connectivity index (χ3v) is 3.80. The van der Waals surface area contributed by atoms with Crippen molar-refractivity contribution in [3.05, 3.63) is 23.8 Å². The normalized spacial score (nSPS) is 24.5. The Morgan fingerprint density at radius 1 is 1.11 bits per heavy atom. The predicted octanol–water partition coefficient (Wildman–Crippen LogP) is 1.26. The molecule has 1 aliphatic rings. The van der Waals surface area contributed by atoms with Gasteiger partial charge in [0.15, 0.2) is 0 Å². The van der Waals surface area contributed by atoms with Crippen molar-refractivity contribution in [1.82, 2.24) is 9.80 Å². The van der Waals surface area contributed by atoms with Crippen molar-refractivity contribution in [2.75, 3.05) is 20.1 Å². The van der Waals surface area contributed by atoms with Crippen LogP contribution in [0.5, 0.6) is 11.5 Å². The fourth-order valence-electron chi connectivity index (χ4n) is 2.47. The minimum Gasteiger partial charge on any atom is -0.508 e. The number of nitrogens with zero attached hydrogens (tertiary/aromatic N) is 2. The first-order valence-corrected chi connectivity index (χ1v) is 6.42. The van der Waals surface area contributed by atoms with Crippen molar-refractivity contribution in [3.8, 4) is 11.5 Å². The van der Waals surface area contributed by atoms with Gasteiger partial charge >= 0.3 is 0 Å². The molecule has 104 valence electrons. The van der Waals surface area contributed by atoms with Crippen LogP contribution in [0.1, 0.15) is 24.2 Å². The zero-order chi connectivity index (χ0) is 14.2. The number of hydrogen-bond donors (Lipinski definition) is 2. The largest absolute Gasteiger partial charge is 0.508 e. The first-order chi connectivity index (χ1) is 8.88. The highest BCUT2D eigenvalue weighted by molar-refractivity contribution is 5.95. The Hall–Kier alpha value is -1.75. The van der Waals surface area contributed by atoms with Crippen LogP contribution >= 0.6 is 0 Å². The van der Waals surface area contributed by atoms with Gasteiger partial charge in [-0.15, -0.1) is 0 Å². The highest BCUT2D eigenvalue weighted by atomic mass is 16.3. The van der Waals surface area contributed by atoms with Crippen molar-refractivity contribution in [3.63, 3.8) is 0 Å². The van der Waals surface area contributed by atoms with Crippen LogP contribution in [0.4, 0.5) is 0 Å². The highest BCUT2D eigenvalue weighted by Crippen LogP contribution is 2.23. The lowest BCUT2D eigenvalue weighted by molar-refractivity contribution is 0.0413. The van der Waals surface area contributed by atoms with Crippen LogP contribution < -0.4 is 0 Å². The van der Waals surface area contributed by atoms with E-state index in [1.807, 2.05) is 0 Å². The summed E-state index contributed by atoms with van der Waals surface area (Å²) in [5.41, 5.74) is 0.321. The summed E-state index contributed by atoms with van der Waals surface area (Å²) < 4.78 is 0. The van der Waals surface area contributed by atoms with E-state index in [1.165, 1.54) is 18.2 Å². The Bertz CT molecular complexity index is 457. The molecule has 1 aliphatic heterocycles. The van der Waals surface area contributed by atoms with Crippen LogP contribution in [0, 0.1) is 0 Å². The molecular formula is C14H20N2O3. The van der Waals surface area contributed by atoms with Gasteiger partial charge in [-0.1, -0.05) is 0 Å². The average Bonchev–Trinajstić information content (AvgIpc) is 2.33. The smallest absolute Gasteiger partial charge is 0.254 e. The molecule has 2 rings (SSSR count). The second-order valence-electron chi connectivity index (χ2n) is 5.31. The Morgan fingerprint density at radius 2 is 1.58 bits per heavy atom. The molecule has 2 atom stereocenters. The van der Waals surface area contributed by atoms with E-state index in [-0.39, 0.29) is 17.4 Å². The van der Waals surface area contributed by atoms with Gasteiger partial charge in [-0.2, -0.15) is 0 Å². The molecule has 1 aromatic carbocycles. The van der Waals surface area contributed by atoms with Gasteiger partial charge in [0.1, 0.15) is 11.5 Å². The molecule has 1 amide bonds. The summed E-state index contributed by atoms with van der Waals surface area (Å²) in [4.78, 5) is 16.4. The number of piperazine rings is 1. The van der Waals surface area contributed by atoms with E-state index in [1.54, 1.807) is 4.90 Å². The third kappa shape index (κ3) is 2.81. The zero-order valence-electron chi connectivity index (χ0n) is 11.5. The standard InChI is InChI=1S/C14H20N2O3/c1-9-7-16(8-10(2)15(9)3)14(19)11-4-12(17)6-13(18)5-11/h4-6,9-10,17-18H,7-8H2,1-3H3. The molecule has 5 nitrogen and oxygen atoms in total. The molecule has 1 fully saturated rings. The van der Waals surface area contributed by atoms with Crippen LogP contribution in [-0.4, -0.2) is 58.1 Å². The van der Waals surface area contributed by atoms with Gasteiger partial charge in [0.25, 0.3) is 5.91 Å². The number of carbonyl (C=O) groups is 1. The maximum Gasteiger partial charge on any atom is 0.254 e. The number of rotatable bonds is 1. The van der Waals surface area contributed by atoms with Gasteiger partial charge in [0.05, 0.1) is 0 Å². The van der Waals surface area contributed by atoms with Crippen LogP contribution in [0.2, 0.25) is 0 Å². The van der Waals surface area contributed by atoms with E-state index in [9.17, 15) is 15.0 Å².